The summed E-state index contributed by atoms with van der Waals surface area (Å²) in [5.74, 6) is -0.770. The third-order valence-corrected chi connectivity index (χ3v) is 2.99. The van der Waals surface area contributed by atoms with Gasteiger partial charge in [-0.1, -0.05) is 0 Å². The van der Waals surface area contributed by atoms with Crippen LogP contribution < -0.4 is 5.32 Å². The summed E-state index contributed by atoms with van der Waals surface area (Å²) in [7, 11) is 1.23. The van der Waals surface area contributed by atoms with Crippen LogP contribution in [0.15, 0.2) is 18.2 Å². The first-order valence-corrected chi connectivity index (χ1v) is 5.90. The molecular weight excluding hydrogens is 237 g/mol. The maximum Gasteiger partial charge on any atom is 0.340 e. The van der Waals surface area contributed by atoms with Crippen molar-refractivity contribution in [1.82, 2.24) is 0 Å². The normalized spacial score (nSPS) is 18.7. The lowest BCUT2D eigenvalue weighted by atomic mass is 10.1. The van der Waals surface area contributed by atoms with E-state index in [2.05, 4.69) is 10.1 Å². The van der Waals surface area contributed by atoms with Gasteiger partial charge in [-0.2, -0.15) is 0 Å². The zero-order valence-corrected chi connectivity index (χ0v) is 10.2. The molecule has 5 heteroatoms. The van der Waals surface area contributed by atoms with Crippen molar-refractivity contribution >= 4 is 11.7 Å². The van der Waals surface area contributed by atoms with Crippen LogP contribution in [0.25, 0.3) is 0 Å². The number of halogens is 1. The van der Waals surface area contributed by atoms with Gasteiger partial charge in [0.15, 0.2) is 0 Å². The number of hydrogen-bond donors (Lipinski definition) is 1. The molecule has 0 amide bonds. The molecule has 1 unspecified atom stereocenters. The Morgan fingerprint density at radius 2 is 2.44 bits per heavy atom. The summed E-state index contributed by atoms with van der Waals surface area (Å²) in [6.07, 6.45) is 1.03. The summed E-state index contributed by atoms with van der Waals surface area (Å²) in [6.45, 7) is 2.30. The Balaban J connectivity index is 2.02. The van der Waals surface area contributed by atoms with Crippen LogP contribution in [0.5, 0.6) is 0 Å². The molecule has 0 spiro atoms. The summed E-state index contributed by atoms with van der Waals surface area (Å²) in [4.78, 5) is 11.3. The highest BCUT2D eigenvalue weighted by atomic mass is 19.1. The quantitative estimate of drug-likeness (QED) is 0.834. The van der Waals surface area contributed by atoms with E-state index in [4.69, 9.17) is 4.74 Å². The monoisotopic (exact) mass is 253 g/mol. The van der Waals surface area contributed by atoms with Gasteiger partial charge in [0.25, 0.3) is 0 Å². The van der Waals surface area contributed by atoms with Crippen molar-refractivity contribution in [1.29, 1.82) is 0 Å². The minimum Gasteiger partial charge on any atom is -0.465 e. The largest absolute Gasteiger partial charge is 0.465 e. The first-order chi connectivity index (χ1) is 8.70. The maximum atomic E-state index is 13.4. The third-order valence-electron chi connectivity index (χ3n) is 2.99. The van der Waals surface area contributed by atoms with Crippen LogP contribution in [0.2, 0.25) is 0 Å². The van der Waals surface area contributed by atoms with Gasteiger partial charge in [0.05, 0.1) is 19.3 Å². The fourth-order valence-corrected chi connectivity index (χ4v) is 1.91. The van der Waals surface area contributed by atoms with Crippen LogP contribution >= 0.6 is 0 Å². The molecule has 1 fully saturated rings. The van der Waals surface area contributed by atoms with E-state index < -0.39 is 11.8 Å². The van der Waals surface area contributed by atoms with Crippen LogP contribution in [0.1, 0.15) is 16.8 Å². The van der Waals surface area contributed by atoms with Gasteiger partial charge in [0.1, 0.15) is 5.82 Å². The van der Waals surface area contributed by atoms with Crippen LogP contribution in [0.4, 0.5) is 10.1 Å². The number of esters is 1. The topological polar surface area (TPSA) is 47.6 Å². The lowest BCUT2D eigenvalue weighted by molar-refractivity contribution is 0.0595. The molecule has 0 aliphatic carbocycles. The van der Waals surface area contributed by atoms with Crippen LogP contribution in [0, 0.1) is 11.7 Å². The zero-order valence-electron chi connectivity index (χ0n) is 10.2. The molecule has 2 rings (SSSR count). The zero-order chi connectivity index (χ0) is 13.0. The van der Waals surface area contributed by atoms with Gasteiger partial charge in [0, 0.05) is 24.8 Å². The molecule has 1 N–H and O–H groups in total. The van der Waals surface area contributed by atoms with Gasteiger partial charge in [-0.25, -0.2) is 9.18 Å². The highest BCUT2D eigenvalue weighted by molar-refractivity contribution is 5.90. The van der Waals surface area contributed by atoms with Gasteiger partial charge in [-0.15, -0.1) is 0 Å². The molecule has 1 atom stereocenters. The minimum absolute atomic E-state index is 0.0508. The van der Waals surface area contributed by atoms with Gasteiger partial charge < -0.3 is 14.8 Å². The Morgan fingerprint density at radius 3 is 3.11 bits per heavy atom. The van der Waals surface area contributed by atoms with Crippen LogP contribution in [0.3, 0.4) is 0 Å². The van der Waals surface area contributed by atoms with E-state index in [1.54, 1.807) is 6.07 Å². The van der Waals surface area contributed by atoms with E-state index in [9.17, 15) is 9.18 Å². The van der Waals surface area contributed by atoms with E-state index in [0.29, 0.717) is 11.6 Å². The number of rotatable bonds is 4. The van der Waals surface area contributed by atoms with E-state index >= 15 is 0 Å². The molecule has 1 aliphatic rings. The fourth-order valence-electron chi connectivity index (χ4n) is 1.91. The van der Waals surface area contributed by atoms with Gasteiger partial charge >= 0.3 is 5.97 Å². The molecule has 0 radical (unpaired) electrons. The van der Waals surface area contributed by atoms with Crippen molar-refractivity contribution in [3.63, 3.8) is 0 Å². The molecule has 1 aliphatic heterocycles. The van der Waals surface area contributed by atoms with Gasteiger partial charge in [0.2, 0.25) is 0 Å². The number of anilines is 1. The second-order valence-corrected chi connectivity index (χ2v) is 4.30. The first-order valence-electron chi connectivity index (χ1n) is 5.90. The minimum atomic E-state index is -0.666. The number of ether oxygens (including phenoxy) is 2. The number of hydrogen-bond acceptors (Lipinski definition) is 4. The fraction of sp³-hybridized carbons (Fsp3) is 0.462. The first kappa shape index (κ1) is 12.8. The van der Waals surface area contributed by atoms with E-state index in [1.165, 1.54) is 19.2 Å². The number of carbonyl (C=O) groups is 1. The Hall–Kier alpha value is -1.62. The highest BCUT2D eigenvalue weighted by Crippen LogP contribution is 2.18. The number of nitrogens with one attached hydrogen (secondary N) is 1. The second kappa shape index (κ2) is 5.82. The van der Waals surface area contributed by atoms with Crippen molar-refractivity contribution in [2.45, 2.75) is 6.42 Å². The third kappa shape index (κ3) is 2.98. The van der Waals surface area contributed by atoms with Crippen LogP contribution in [-0.4, -0.2) is 32.8 Å². The van der Waals surface area contributed by atoms with Crippen molar-refractivity contribution in [2.75, 3.05) is 32.2 Å². The molecule has 0 aromatic heterocycles. The maximum absolute atomic E-state index is 13.4. The molecule has 1 saturated heterocycles. The second-order valence-electron chi connectivity index (χ2n) is 4.30. The van der Waals surface area contributed by atoms with Crippen molar-refractivity contribution in [2.24, 2.45) is 5.92 Å². The average molecular weight is 253 g/mol. The van der Waals surface area contributed by atoms with E-state index in [1.807, 2.05) is 0 Å². The summed E-state index contributed by atoms with van der Waals surface area (Å²) in [5.41, 5.74) is 0.661. The predicted octanol–water partition coefficient (Wildman–Crippen LogP) is 2.06. The summed E-state index contributed by atoms with van der Waals surface area (Å²) < 4.78 is 23.2. The Bertz CT molecular complexity index is 430. The molecule has 4 nitrogen and oxygen atoms in total. The number of carbonyl (C=O) groups excluding carboxylic acids is 1. The van der Waals surface area contributed by atoms with E-state index in [0.717, 1.165) is 26.2 Å². The molecule has 98 valence electrons. The molecule has 0 bridgehead atoms. The summed E-state index contributed by atoms with van der Waals surface area (Å²) in [6, 6.07) is 4.34. The Labute approximate surface area is 105 Å². The summed E-state index contributed by atoms with van der Waals surface area (Å²) >= 11 is 0. The highest BCUT2D eigenvalue weighted by Gasteiger charge is 2.16. The molecule has 1 aromatic carbocycles. The van der Waals surface area contributed by atoms with E-state index in [-0.39, 0.29) is 5.56 Å². The Morgan fingerprint density at radius 1 is 1.61 bits per heavy atom. The van der Waals surface area contributed by atoms with Gasteiger partial charge in [-0.05, 0) is 24.6 Å². The number of methoxy groups -OCH3 is 1. The lowest BCUT2D eigenvalue weighted by Crippen LogP contribution is -2.14. The van der Waals surface area contributed by atoms with Crippen molar-refractivity contribution in [3.05, 3.63) is 29.6 Å². The molecule has 1 heterocycles. The molecule has 18 heavy (non-hydrogen) atoms. The molecule has 0 saturated carbocycles. The van der Waals surface area contributed by atoms with Crippen molar-refractivity contribution < 1.29 is 18.7 Å². The van der Waals surface area contributed by atoms with Crippen molar-refractivity contribution in [3.8, 4) is 0 Å². The Kier molecular flexibility index (Phi) is 4.15. The molecule has 1 aromatic rings. The average Bonchev–Trinajstić information content (AvgIpc) is 2.90. The predicted molar refractivity (Wildman–Crippen MR) is 65.2 cm³/mol. The van der Waals surface area contributed by atoms with Gasteiger partial charge in [-0.3, -0.25) is 0 Å². The smallest absolute Gasteiger partial charge is 0.340 e. The standard InChI is InChI=1S/C13H16FNO3/c1-17-13(16)11-6-10(2-3-12(11)14)15-7-9-4-5-18-8-9/h2-3,6,9,15H,4-5,7-8H2,1H3. The number of benzene rings is 1. The van der Waals surface area contributed by atoms with Crippen LogP contribution in [-0.2, 0) is 9.47 Å². The summed E-state index contributed by atoms with van der Waals surface area (Å²) in [5, 5.41) is 3.18. The molecular formula is C13H16FNO3. The SMILES string of the molecule is COC(=O)c1cc(NCC2CCOC2)ccc1F. The lowest BCUT2D eigenvalue weighted by Gasteiger charge is -2.11.